The highest BCUT2D eigenvalue weighted by atomic mass is 16.6. The van der Waals surface area contributed by atoms with Crippen LogP contribution in [0.15, 0.2) is 6.20 Å². The molecule has 1 aromatic heterocycles. The van der Waals surface area contributed by atoms with E-state index < -0.39 is 5.60 Å². The van der Waals surface area contributed by atoms with Crippen molar-refractivity contribution in [2.75, 3.05) is 6.54 Å². The number of aromatic nitrogens is 1. The largest absolute Gasteiger partial charge is 0.444 e. The van der Waals surface area contributed by atoms with Gasteiger partial charge in [-0.25, -0.2) is 4.79 Å². The number of H-pyrrole nitrogens is 1. The normalized spacial score (nSPS) is 15.6. The highest BCUT2D eigenvalue weighted by Crippen LogP contribution is 2.23. The van der Waals surface area contributed by atoms with E-state index in [4.69, 9.17) is 4.74 Å². The van der Waals surface area contributed by atoms with Crippen LogP contribution in [0.25, 0.3) is 0 Å². The Balaban J connectivity index is 2.05. The Hall–Kier alpha value is -1.45. The molecule has 0 aliphatic carbocycles. The summed E-state index contributed by atoms with van der Waals surface area (Å²) in [7, 11) is 0. The molecule has 4 nitrogen and oxygen atoms in total. The van der Waals surface area contributed by atoms with Gasteiger partial charge in [0, 0.05) is 18.4 Å². The fourth-order valence-electron chi connectivity index (χ4n) is 2.11. The molecule has 4 heteroatoms. The number of nitrogens with zero attached hydrogens (tertiary/aromatic N) is 1. The summed E-state index contributed by atoms with van der Waals surface area (Å²) < 4.78 is 5.38. The molecule has 1 aliphatic rings. The number of carbonyl (C=O) groups is 1. The van der Waals surface area contributed by atoms with Gasteiger partial charge in [0.1, 0.15) is 5.60 Å². The van der Waals surface area contributed by atoms with Crippen LogP contribution in [0, 0.1) is 6.92 Å². The summed E-state index contributed by atoms with van der Waals surface area (Å²) in [6.07, 6.45) is 2.67. The highest BCUT2D eigenvalue weighted by Gasteiger charge is 2.26. The second-order valence-corrected chi connectivity index (χ2v) is 5.57. The van der Waals surface area contributed by atoms with Gasteiger partial charge in [-0.05, 0) is 45.2 Å². The molecular formula is C13H20N2O2. The van der Waals surface area contributed by atoms with Crippen molar-refractivity contribution in [2.45, 2.75) is 46.3 Å². The number of hydrogen-bond donors (Lipinski definition) is 1. The summed E-state index contributed by atoms with van der Waals surface area (Å²) in [5, 5.41) is 0. The molecule has 1 amide bonds. The van der Waals surface area contributed by atoms with Gasteiger partial charge < -0.3 is 14.6 Å². The molecule has 0 saturated carbocycles. The second-order valence-electron chi connectivity index (χ2n) is 5.57. The van der Waals surface area contributed by atoms with Crippen LogP contribution in [-0.4, -0.2) is 28.1 Å². The van der Waals surface area contributed by atoms with E-state index in [1.54, 1.807) is 4.90 Å². The van der Waals surface area contributed by atoms with Gasteiger partial charge in [0.15, 0.2) is 0 Å². The Morgan fingerprint density at radius 2 is 2.18 bits per heavy atom. The summed E-state index contributed by atoms with van der Waals surface area (Å²) >= 11 is 0. The van der Waals surface area contributed by atoms with Crippen LogP contribution in [0.2, 0.25) is 0 Å². The molecule has 0 spiro atoms. The molecule has 0 unspecified atom stereocenters. The van der Waals surface area contributed by atoms with Gasteiger partial charge in [-0.3, -0.25) is 0 Å². The van der Waals surface area contributed by atoms with Gasteiger partial charge in [0.05, 0.1) is 6.54 Å². The minimum absolute atomic E-state index is 0.220. The quantitative estimate of drug-likeness (QED) is 0.752. The molecule has 0 saturated heterocycles. The van der Waals surface area contributed by atoms with E-state index in [0.29, 0.717) is 6.54 Å². The molecule has 0 fully saturated rings. The lowest BCUT2D eigenvalue weighted by atomic mass is 10.0. The van der Waals surface area contributed by atoms with Crippen molar-refractivity contribution in [1.82, 2.24) is 9.88 Å². The van der Waals surface area contributed by atoms with Crippen molar-refractivity contribution in [1.29, 1.82) is 0 Å². The lowest BCUT2D eigenvalue weighted by molar-refractivity contribution is 0.0224. The van der Waals surface area contributed by atoms with Crippen molar-refractivity contribution in [3.05, 3.63) is 23.0 Å². The summed E-state index contributed by atoms with van der Waals surface area (Å²) in [6.45, 7) is 9.12. The lowest BCUT2D eigenvalue weighted by Gasteiger charge is -2.30. The van der Waals surface area contributed by atoms with E-state index in [9.17, 15) is 4.79 Å². The zero-order valence-corrected chi connectivity index (χ0v) is 11.0. The first-order chi connectivity index (χ1) is 7.87. The zero-order valence-electron chi connectivity index (χ0n) is 11.0. The number of aryl methyl sites for hydroxylation is 1. The minimum Gasteiger partial charge on any atom is -0.444 e. The number of nitrogens with one attached hydrogen (secondary N) is 1. The second kappa shape index (κ2) is 4.09. The number of carbonyl (C=O) groups excluding carboxylic acids is 1. The van der Waals surface area contributed by atoms with Gasteiger partial charge in [0.25, 0.3) is 0 Å². The van der Waals surface area contributed by atoms with E-state index in [1.165, 1.54) is 16.8 Å². The van der Waals surface area contributed by atoms with Crippen molar-refractivity contribution < 1.29 is 9.53 Å². The van der Waals surface area contributed by atoms with E-state index >= 15 is 0 Å². The van der Waals surface area contributed by atoms with Crippen LogP contribution in [-0.2, 0) is 17.7 Å². The summed E-state index contributed by atoms with van der Waals surface area (Å²) in [6, 6.07) is 0. The molecule has 0 atom stereocenters. The van der Waals surface area contributed by atoms with E-state index in [1.807, 2.05) is 27.0 Å². The van der Waals surface area contributed by atoms with Crippen LogP contribution in [0.3, 0.4) is 0 Å². The predicted molar refractivity (Wildman–Crippen MR) is 65.9 cm³/mol. The van der Waals surface area contributed by atoms with Crippen molar-refractivity contribution in [3.63, 3.8) is 0 Å². The summed E-state index contributed by atoms with van der Waals surface area (Å²) in [5.41, 5.74) is 3.35. The first kappa shape index (κ1) is 12.0. The lowest BCUT2D eigenvalue weighted by Crippen LogP contribution is -2.39. The molecule has 2 rings (SSSR count). The van der Waals surface area contributed by atoms with E-state index in [2.05, 4.69) is 11.9 Å². The number of aromatic amines is 1. The standard InChI is InChI=1S/C13H20N2O2/c1-9-11-5-6-15(8-10(11)7-14-9)12(16)17-13(2,3)4/h7,14H,5-6,8H2,1-4H3. The fraction of sp³-hybridized carbons (Fsp3) is 0.615. The number of fused-ring (bicyclic) bond motifs is 1. The number of hydrogen-bond acceptors (Lipinski definition) is 2. The smallest absolute Gasteiger partial charge is 0.410 e. The molecule has 1 N–H and O–H groups in total. The Labute approximate surface area is 102 Å². The molecule has 0 radical (unpaired) electrons. The van der Waals surface area contributed by atoms with Gasteiger partial charge in [-0.1, -0.05) is 0 Å². The first-order valence-electron chi connectivity index (χ1n) is 6.00. The van der Waals surface area contributed by atoms with Gasteiger partial charge >= 0.3 is 6.09 Å². The molecule has 1 aromatic rings. The number of rotatable bonds is 0. The van der Waals surface area contributed by atoms with Crippen LogP contribution in [0.5, 0.6) is 0 Å². The maximum absolute atomic E-state index is 11.9. The van der Waals surface area contributed by atoms with Crippen LogP contribution >= 0.6 is 0 Å². The van der Waals surface area contributed by atoms with Crippen molar-refractivity contribution in [3.8, 4) is 0 Å². The highest BCUT2D eigenvalue weighted by molar-refractivity contribution is 5.68. The number of amides is 1. The maximum Gasteiger partial charge on any atom is 0.410 e. The minimum atomic E-state index is -0.425. The Kier molecular flexibility index (Phi) is 2.89. The van der Waals surface area contributed by atoms with Crippen LogP contribution < -0.4 is 0 Å². The van der Waals surface area contributed by atoms with Gasteiger partial charge in [-0.2, -0.15) is 0 Å². The predicted octanol–water partition coefficient (Wildman–Crippen LogP) is 2.62. The molecule has 2 heterocycles. The van der Waals surface area contributed by atoms with Crippen molar-refractivity contribution in [2.24, 2.45) is 0 Å². The third-order valence-corrected chi connectivity index (χ3v) is 2.95. The Bertz CT molecular complexity index is 429. The molecule has 0 bridgehead atoms. The molecule has 0 aromatic carbocycles. The topological polar surface area (TPSA) is 45.3 Å². The third kappa shape index (κ3) is 2.62. The SMILES string of the molecule is Cc1[nH]cc2c1CCN(C(=O)OC(C)(C)C)C2. The van der Waals surface area contributed by atoms with E-state index in [0.717, 1.165) is 13.0 Å². The third-order valence-electron chi connectivity index (χ3n) is 2.95. The van der Waals surface area contributed by atoms with Crippen molar-refractivity contribution >= 4 is 6.09 Å². The maximum atomic E-state index is 11.9. The Morgan fingerprint density at radius 3 is 2.82 bits per heavy atom. The average molecular weight is 236 g/mol. The summed E-state index contributed by atoms with van der Waals surface area (Å²) in [4.78, 5) is 16.9. The van der Waals surface area contributed by atoms with Crippen LogP contribution in [0.4, 0.5) is 4.79 Å². The van der Waals surface area contributed by atoms with Gasteiger partial charge in [0.2, 0.25) is 0 Å². The molecule has 17 heavy (non-hydrogen) atoms. The molecule has 94 valence electrons. The monoisotopic (exact) mass is 236 g/mol. The fourth-order valence-corrected chi connectivity index (χ4v) is 2.11. The van der Waals surface area contributed by atoms with E-state index in [-0.39, 0.29) is 6.09 Å². The van der Waals surface area contributed by atoms with Crippen LogP contribution in [0.1, 0.15) is 37.6 Å². The number of ether oxygens (including phenoxy) is 1. The van der Waals surface area contributed by atoms with Gasteiger partial charge in [-0.15, -0.1) is 0 Å². The average Bonchev–Trinajstić information content (AvgIpc) is 2.57. The molecular weight excluding hydrogens is 216 g/mol. The summed E-state index contributed by atoms with van der Waals surface area (Å²) in [5.74, 6) is 0. The Morgan fingerprint density at radius 1 is 1.47 bits per heavy atom. The zero-order chi connectivity index (χ0) is 12.6. The molecule has 1 aliphatic heterocycles. The first-order valence-corrected chi connectivity index (χ1v) is 6.00.